The fourth-order valence-corrected chi connectivity index (χ4v) is 5.36. The minimum absolute atomic E-state index is 0.0895. The molecule has 0 unspecified atom stereocenters. The first kappa shape index (κ1) is 25.0. The van der Waals surface area contributed by atoms with E-state index in [0.717, 1.165) is 35.2 Å². The molecule has 2 aliphatic rings. The third-order valence-electron chi connectivity index (χ3n) is 7.41. The normalized spacial score (nSPS) is 16.9. The van der Waals surface area contributed by atoms with Crippen molar-refractivity contribution in [3.05, 3.63) is 102 Å². The van der Waals surface area contributed by atoms with E-state index in [1.54, 1.807) is 4.90 Å². The second-order valence-electron chi connectivity index (χ2n) is 9.86. The number of piperidine rings is 1. The molecule has 0 bridgehead atoms. The molecule has 1 fully saturated rings. The number of amides is 2. The Labute approximate surface area is 217 Å². The zero-order valence-corrected chi connectivity index (χ0v) is 20.9. The number of hydrogen-bond acceptors (Lipinski definition) is 5. The Kier molecular flexibility index (Phi) is 7.53. The minimum atomic E-state index is -0.696. The fourth-order valence-electron chi connectivity index (χ4n) is 5.36. The van der Waals surface area contributed by atoms with Gasteiger partial charge in [0.15, 0.2) is 0 Å². The molecule has 0 saturated carbocycles. The lowest BCUT2D eigenvalue weighted by Gasteiger charge is -2.40. The molecular weight excluding hydrogens is 466 g/mol. The molecule has 7 heteroatoms. The van der Waals surface area contributed by atoms with E-state index in [9.17, 15) is 9.59 Å². The van der Waals surface area contributed by atoms with Crippen LogP contribution in [-0.2, 0) is 32.9 Å². The van der Waals surface area contributed by atoms with Gasteiger partial charge in [-0.2, -0.15) is 0 Å². The molecular formula is C30H33N3O4. The van der Waals surface area contributed by atoms with Crippen molar-refractivity contribution < 1.29 is 19.1 Å². The molecule has 7 nitrogen and oxygen atoms in total. The van der Waals surface area contributed by atoms with Crippen LogP contribution in [0.25, 0.3) is 0 Å². The summed E-state index contributed by atoms with van der Waals surface area (Å²) in [5.74, 6) is -0.0895. The summed E-state index contributed by atoms with van der Waals surface area (Å²) < 4.78 is 11.4. The molecule has 5 rings (SSSR count). The summed E-state index contributed by atoms with van der Waals surface area (Å²) in [5, 5.41) is 0. The molecule has 3 aromatic rings. The molecule has 1 spiro atoms. The Morgan fingerprint density at radius 3 is 2.11 bits per heavy atom. The lowest BCUT2D eigenvalue weighted by Crippen LogP contribution is -2.52. The standard InChI is InChI=1S/C30H33N3O4/c31-26(21-36-19-23-9-3-1-4-10-23)28(34)32-17-15-30(16-18-32)22-33(27-14-8-7-13-25(27)30)29(35)37-20-24-11-5-2-6-12-24/h1-14,26H,15-22,31H2/t26-/m1/s1. The smallest absolute Gasteiger partial charge is 0.414 e. The van der Waals surface area contributed by atoms with Gasteiger partial charge in [-0.1, -0.05) is 78.9 Å². The Morgan fingerprint density at radius 1 is 0.838 bits per heavy atom. The number of benzene rings is 3. The van der Waals surface area contributed by atoms with Gasteiger partial charge in [-0.15, -0.1) is 0 Å². The summed E-state index contributed by atoms with van der Waals surface area (Å²) in [5.41, 5.74) is 10.0. The molecule has 1 saturated heterocycles. The minimum Gasteiger partial charge on any atom is -0.444 e. The maximum absolute atomic E-state index is 13.1. The average Bonchev–Trinajstić information content (AvgIpc) is 3.27. The van der Waals surface area contributed by atoms with Crippen molar-refractivity contribution in [2.75, 3.05) is 31.1 Å². The van der Waals surface area contributed by atoms with Crippen LogP contribution in [0.2, 0.25) is 0 Å². The van der Waals surface area contributed by atoms with Crippen LogP contribution in [0.3, 0.4) is 0 Å². The fraction of sp³-hybridized carbons (Fsp3) is 0.333. The average molecular weight is 500 g/mol. The number of para-hydroxylation sites is 1. The summed E-state index contributed by atoms with van der Waals surface area (Å²) >= 11 is 0. The van der Waals surface area contributed by atoms with Gasteiger partial charge in [0.2, 0.25) is 5.91 Å². The number of likely N-dealkylation sites (tertiary alicyclic amines) is 1. The van der Waals surface area contributed by atoms with Crippen molar-refractivity contribution in [2.45, 2.75) is 37.5 Å². The van der Waals surface area contributed by atoms with E-state index in [2.05, 4.69) is 6.07 Å². The van der Waals surface area contributed by atoms with Crippen LogP contribution in [0.1, 0.15) is 29.5 Å². The molecule has 1 atom stereocenters. The van der Waals surface area contributed by atoms with E-state index < -0.39 is 6.04 Å². The van der Waals surface area contributed by atoms with Crippen LogP contribution in [0, 0.1) is 0 Å². The molecule has 2 aliphatic heterocycles. The molecule has 192 valence electrons. The second-order valence-corrected chi connectivity index (χ2v) is 9.86. The van der Waals surface area contributed by atoms with Crippen molar-refractivity contribution in [2.24, 2.45) is 5.73 Å². The van der Waals surface area contributed by atoms with E-state index in [0.29, 0.717) is 26.2 Å². The van der Waals surface area contributed by atoms with Gasteiger partial charge in [-0.05, 0) is 35.6 Å². The lowest BCUT2D eigenvalue weighted by molar-refractivity contribution is -0.135. The second kappa shape index (κ2) is 11.2. The van der Waals surface area contributed by atoms with Crippen LogP contribution in [0.5, 0.6) is 0 Å². The van der Waals surface area contributed by atoms with E-state index in [-0.39, 0.29) is 30.6 Å². The van der Waals surface area contributed by atoms with Crippen LogP contribution in [0.4, 0.5) is 10.5 Å². The number of fused-ring (bicyclic) bond motifs is 2. The summed E-state index contributed by atoms with van der Waals surface area (Å²) in [4.78, 5) is 29.7. The summed E-state index contributed by atoms with van der Waals surface area (Å²) in [6.07, 6.45) is 1.18. The van der Waals surface area contributed by atoms with Crippen molar-refractivity contribution in [1.82, 2.24) is 4.90 Å². The number of hydrogen-bond donors (Lipinski definition) is 1. The van der Waals surface area contributed by atoms with Gasteiger partial charge in [0.05, 0.1) is 18.9 Å². The van der Waals surface area contributed by atoms with Crippen LogP contribution in [-0.4, -0.2) is 49.2 Å². The Bertz CT molecular complexity index is 1210. The van der Waals surface area contributed by atoms with E-state index in [4.69, 9.17) is 15.2 Å². The summed E-state index contributed by atoms with van der Waals surface area (Å²) in [6.45, 7) is 2.57. The highest BCUT2D eigenvalue weighted by Crippen LogP contribution is 2.47. The largest absolute Gasteiger partial charge is 0.444 e. The zero-order valence-electron chi connectivity index (χ0n) is 20.9. The number of nitrogens with zero attached hydrogens (tertiary/aromatic N) is 2. The summed E-state index contributed by atoms with van der Waals surface area (Å²) in [6, 6.07) is 26.9. The topological polar surface area (TPSA) is 85.1 Å². The van der Waals surface area contributed by atoms with Gasteiger partial charge in [-0.3, -0.25) is 9.69 Å². The van der Waals surface area contributed by atoms with Crippen molar-refractivity contribution >= 4 is 17.7 Å². The molecule has 3 aromatic carbocycles. The molecule has 2 amide bonds. The predicted molar refractivity (Wildman–Crippen MR) is 142 cm³/mol. The molecule has 37 heavy (non-hydrogen) atoms. The highest BCUT2D eigenvalue weighted by molar-refractivity contribution is 5.91. The van der Waals surface area contributed by atoms with Crippen molar-refractivity contribution in [3.8, 4) is 0 Å². The quantitative estimate of drug-likeness (QED) is 0.525. The van der Waals surface area contributed by atoms with E-state index >= 15 is 0 Å². The number of carbonyl (C=O) groups is 2. The molecule has 2 N–H and O–H groups in total. The van der Waals surface area contributed by atoms with Crippen molar-refractivity contribution in [3.63, 3.8) is 0 Å². The van der Waals surface area contributed by atoms with Crippen LogP contribution < -0.4 is 10.6 Å². The summed E-state index contributed by atoms with van der Waals surface area (Å²) in [7, 11) is 0. The van der Waals surface area contributed by atoms with Gasteiger partial charge in [0, 0.05) is 25.0 Å². The van der Waals surface area contributed by atoms with Crippen LogP contribution >= 0.6 is 0 Å². The van der Waals surface area contributed by atoms with Gasteiger partial charge in [0.25, 0.3) is 0 Å². The number of nitrogens with two attached hydrogens (primary N) is 1. The van der Waals surface area contributed by atoms with Gasteiger partial charge in [-0.25, -0.2) is 4.79 Å². The van der Waals surface area contributed by atoms with Gasteiger partial charge < -0.3 is 20.1 Å². The lowest BCUT2D eigenvalue weighted by atomic mass is 9.74. The molecule has 0 radical (unpaired) electrons. The Balaban J connectivity index is 1.18. The first-order valence-corrected chi connectivity index (χ1v) is 12.8. The first-order valence-electron chi connectivity index (χ1n) is 12.8. The molecule has 0 aliphatic carbocycles. The van der Waals surface area contributed by atoms with E-state index in [1.165, 1.54) is 0 Å². The maximum Gasteiger partial charge on any atom is 0.414 e. The SMILES string of the molecule is N[C@H](COCc1ccccc1)C(=O)N1CCC2(CC1)CN(C(=O)OCc1ccccc1)c1ccccc12. The third-order valence-corrected chi connectivity index (χ3v) is 7.41. The Hall–Kier alpha value is -3.68. The van der Waals surface area contributed by atoms with Gasteiger partial charge >= 0.3 is 6.09 Å². The number of rotatable bonds is 7. The monoisotopic (exact) mass is 499 g/mol. The number of anilines is 1. The maximum atomic E-state index is 13.1. The highest BCUT2D eigenvalue weighted by Gasteiger charge is 2.47. The zero-order chi connectivity index (χ0) is 25.7. The number of ether oxygens (including phenoxy) is 2. The highest BCUT2D eigenvalue weighted by atomic mass is 16.6. The van der Waals surface area contributed by atoms with E-state index in [1.807, 2.05) is 83.8 Å². The first-order chi connectivity index (χ1) is 18.1. The van der Waals surface area contributed by atoms with Crippen LogP contribution in [0.15, 0.2) is 84.9 Å². The third kappa shape index (κ3) is 5.53. The number of carbonyl (C=O) groups excluding carboxylic acids is 2. The van der Waals surface area contributed by atoms with Gasteiger partial charge in [0.1, 0.15) is 12.6 Å². The molecule has 0 aromatic heterocycles. The Morgan fingerprint density at radius 2 is 1.43 bits per heavy atom. The predicted octanol–water partition coefficient (Wildman–Crippen LogP) is 4.25. The molecule has 2 heterocycles. The van der Waals surface area contributed by atoms with Crippen molar-refractivity contribution in [1.29, 1.82) is 0 Å².